The van der Waals surface area contributed by atoms with Gasteiger partial charge in [-0.3, -0.25) is 24.3 Å². The molecule has 1 atom stereocenters. The van der Waals surface area contributed by atoms with Gasteiger partial charge in [0.2, 0.25) is 0 Å². The second kappa shape index (κ2) is 13.8. The fourth-order valence-electron chi connectivity index (χ4n) is 2.28. The van der Waals surface area contributed by atoms with Crippen LogP contribution in [0.3, 0.4) is 0 Å². The van der Waals surface area contributed by atoms with Gasteiger partial charge < -0.3 is 9.47 Å². The number of ether oxygens (including phenoxy) is 2. The molecule has 2 N–H and O–H groups in total. The van der Waals surface area contributed by atoms with Gasteiger partial charge in [0.1, 0.15) is 0 Å². The molecule has 2 aromatic heterocycles. The van der Waals surface area contributed by atoms with Crippen LogP contribution in [0, 0.1) is 5.41 Å². The number of carbonyl (C=O) groups excluding carboxylic acids is 3. The van der Waals surface area contributed by atoms with Crippen molar-refractivity contribution >= 4 is 57.4 Å². The first-order chi connectivity index (χ1) is 16.1. The van der Waals surface area contributed by atoms with Crippen LogP contribution in [0.2, 0.25) is 0 Å². The van der Waals surface area contributed by atoms with Crippen molar-refractivity contribution in [2.24, 2.45) is 0 Å². The molecule has 0 aliphatic heterocycles. The first-order valence-corrected chi connectivity index (χ1v) is 13.2. The van der Waals surface area contributed by atoms with Gasteiger partial charge in [-0.1, -0.05) is 12.1 Å². The van der Waals surface area contributed by atoms with E-state index in [1.54, 1.807) is 48.8 Å². The highest BCUT2D eigenvalue weighted by Crippen LogP contribution is 2.17. The van der Waals surface area contributed by atoms with Gasteiger partial charge >= 0.3 is 17.9 Å². The second-order valence-electron chi connectivity index (χ2n) is 6.43. The SMILES string of the molecule is N=C(CC(C(=O)OC(=O)CCSc1ccccn1)S(=O)(=O)O)OC(=O)CCSc1ccccn1. The number of hydrogen-bond donors (Lipinski definition) is 2. The monoisotopic (exact) mass is 527 g/mol. The Kier molecular flexibility index (Phi) is 11.1. The number of carbonyl (C=O) groups is 3. The number of esters is 3. The van der Waals surface area contributed by atoms with Crippen molar-refractivity contribution in [3.05, 3.63) is 48.8 Å². The van der Waals surface area contributed by atoms with Crippen molar-refractivity contribution in [2.45, 2.75) is 34.6 Å². The van der Waals surface area contributed by atoms with E-state index in [0.29, 0.717) is 10.1 Å². The van der Waals surface area contributed by atoms with Gasteiger partial charge in [-0.2, -0.15) is 8.42 Å². The van der Waals surface area contributed by atoms with Crippen LogP contribution < -0.4 is 0 Å². The predicted molar refractivity (Wildman–Crippen MR) is 124 cm³/mol. The summed E-state index contributed by atoms with van der Waals surface area (Å²) in [7, 11) is -5.04. The Morgan fingerprint density at radius 2 is 1.41 bits per heavy atom. The van der Waals surface area contributed by atoms with Gasteiger partial charge in [0.15, 0.2) is 11.1 Å². The molecule has 0 bridgehead atoms. The lowest BCUT2D eigenvalue weighted by molar-refractivity contribution is -0.159. The summed E-state index contributed by atoms with van der Waals surface area (Å²) in [4.78, 5) is 44.0. The number of nitrogens with one attached hydrogen (secondary N) is 1. The molecule has 0 fully saturated rings. The minimum Gasteiger partial charge on any atom is -0.412 e. The molecule has 0 saturated heterocycles. The quantitative estimate of drug-likeness (QED) is 0.103. The zero-order valence-corrected chi connectivity index (χ0v) is 20.1. The summed E-state index contributed by atoms with van der Waals surface area (Å²) in [5.41, 5.74) is 0. The third-order valence-electron chi connectivity index (χ3n) is 3.83. The highest BCUT2D eigenvalue weighted by molar-refractivity contribution is 7.99. The number of pyridine rings is 2. The molecule has 0 amide bonds. The molecule has 2 aromatic rings. The summed E-state index contributed by atoms with van der Waals surface area (Å²) in [5, 5.41) is 6.71. The van der Waals surface area contributed by atoms with Crippen LogP contribution in [0.4, 0.5) is 0 Å². The van der Waals surface area contributed by atoms with E-state index in [-0.39, 0.29) is 24.3 Å². The van der Waals surface area contributed by atoms with Gasteiger partial charge in [0.25, 0.3) is 10.1 Å². The standard InChI is InChI=1S/C20H21N3O8S3/c21-15(30-18(24)7-11-32-16-5-1-3-9-22-16)13-14(34(27,28)29)20(26)31-19(25)8-12-33-17-6-2-4-10-23-17/h1-6,9-10,14,21H,7-8,11-13H2,(H,27,28,29). The van der Waals surface area contributed by atoms with Crippen molar-refractivity contribution in [1.82, 2.24) is 9.97 Å². The van der Waals surface area contributed by atoms with Crippen LogP contribution in [0.25, 0.3) is 0 Å². The summed E-state index contributed by atoms with van der Waals surface area (Å²) in [6, 6.07) is 10.5. The molecule has 0 saturated carbocycles. The lowest BCUT2D eigenvalue weighted by Crippen LogP contribution is -2.36. The van der Waals surface area contributed by atoms with Gasteiger partial charge in [-0.15, -0.1) is 23.5 Å². The van der Waals surface area contributed by atoms with E-state index >= 15 is 0 Å². The zero-order valence-electron chi connectivity index (χ0n) is 17.7. The average molecular weight is 528 g/mol. The lowest BCUT2D eigenvalue weighted by atomic mass is 10.3. The first-order valence-electron chi connectivity index (χ1n) is 9.71. The fraction of sp³-hybridized carbons (Fsp3) is 0.300. The highest BCUT2D eigenvalue weighted by atomic mass is 32.2. The summed E-state index contributed by atoms with van der Waals surface area (Å²) >= 11 is 2.50. The zero-order chi connectivity index (χ0) is 25.0. The Hall–Kier alpha value is -2.81. The Morgan fingerprint density at radius 3 is 1.85 bits per heavy atom. The van der Waals surface area contributed by atoms with Crippen LogP contribution in [0.5, 0.6) is 0 Å². The smallest absolute Gasteiger partial charge is 0.335 e. The van der Waals surface area contributed by atoms with Crippen molar-refractivity contribution < 1.29 is 36.8 Å². The molecule has 2 rings (SSSR count). The Labute approximate surface area is 204 Å². The van der Waals surface area contributed by atoms with E-state index in [2.05, 4.69) is 14.7 Å². The number of rotatable bonds is 12. The Morgan fingerprint density at radius 1 is 0.912 bits per heavy atom. The van der Waals surface area contributed by atoms with Crippen LogP contribution in [-0.2, 0) is 34.0 Å². The van der Waals surface area contributed by atoms with Crippen molar-refractivity contribution in [1.29, 1.82) is 5.41 Å². The van der Waals surface area contributed by atoms with Crippen LogP contribution in [0.1, 0.15) is 19.3 Å². The van der Waals surface area contributed by atoms with Gasteiger partial charge in [0, 0.05) is 23.9 Å². The van der Waals surface area contributed by atoms with Crippen molar-refractivity contribution in [3.8, 4) is 0 Å². The second-order valence-corrected chi connectivity index (χ2v) is 10.3. The van der Waals surface area contributed by atoms with E-state index in [4.69, 9.17) is 10.1 Å². The molecular weight excluding hydrogens is 506 g/mol. The summed E-state index contributed by atoms with van der Waals surface area (Å²) in [6.07, 6.45) is 1.84. The van der Waals surface area contributed by atoms with E-state index in [1.807, 2.05) is 0 Å². The lowest BCUT2D eigenvalue weighted by Gasteiger charge is -2.13. The van der Waals surface area contributed by atoms with Crippen LogP contribution in [-0.4, -0.2) is 63.5 Å². The normalized spacial score (nSPS) is 11.9. The molecule has 1 unspecified atom stereocenters. The molecule has 0 aliphatic carbocycles. The van der Waals surface area contributed by atoms with E-state index in [9.17, 15) is 27.4 Å². The van der Waals surface area contributed by atoms with Gasteiger partial charge in [-0.25, -0.2) is 9.97 Å². The van der Waals surface area contributed by atoms with Crippen LogP contribution >= 0.6 is 23.5 Å². The molecule has 0 spiro atoms. The summed E-state index contributed by atoms with van der Waals surface area (Å²) in [5.74, 6) is -3.79. The van der Waals surface area contributed by atoms with Gasteiger partial charge in [-0.05, 0) is 24.3 Å². The number of nitrogens with zero attached hydrogens (tertiary/aromatic N) is 2. The van der Waals surface area contributed by atoms with E-state index < -0.39 is 45.6 Å². The largest absolute Gasteiger partial charge is 0.412 e. The third-order valence-corrected chi connectivity index (χ3v) is 6.80. The predicted octanol–water partition coefficient (Wildman–Crippen LogP) is 2.38. The minimum absolute atomic E-state index is 0.114. The minimum atomic E-state index is -5.04. The van der Waals surface area contributed by atoms with Crippen LogP contribution in [0.15, 0.2) is 58.8 Å². The molecule has 182 valence electrons. The van der Waals surface area contributed by atoms with Gasteiger partial charge in [0.05, 0.1) is 29.3 Å². The fourth-order valence-corrected chi connectivity index (χ4v) is 4.51. The summed E-state index contributed by atoms with van der Waals surface area (Å²) < 4.78 is 41.7. The molecule has 2 heterocycles. The molecule has 34 heavy (non-hydrogen) atoms. The number of hydrogen-bond acceptors (Lipinski definition) is 12. The van der Waals surface area contributed by atoms with E-state index in [0.717, 1.165) is 0 Å². The van der Waals surface area contributed by atoms with Crippen molar-refractivity contribution in [2.75, 3.05) is 11.5 Å². The first kappa shape index (κ1) is 27.4. The molecular formula is C20H21N3O8S3. The number of thioether (sulfide) groups is 2. The maximum absolute atomic E-state index is 12.1. The Bertz CT molecular complexity index is 1100. The maximum Gasteiger partial charge on any atom is 0.335 e. The molecule has 0 aliphatic rings. The Balaban J connectivity index is 1.79. The molecule has 11 nitrogen and oxygen atoms in total. The highest BCUT2D eigenvalue weighted by Gasteiger charge is 2.36. The average Bonchev–Trinajstić information content (AvgIpc) is 2.78. The van der Waals surface area contributed by atoms with Crippen molar-refractivity contribution in [3.63, 3.8) is 0 Å². The molecule has 0 aromatic carbocycles. The molecule has 14 heteroatoms. The third kappa shape index (κ3) is 10.4. The molecule has 0 radical (unpaired) electrons. The number of aromatic nitrogens is 2. The summed E-state index contributed by atoms with van der Waals surface area (Å²) in [6.45, 7) is 0. The maximum atomic E-state index is 12.1. The van der Waals surface area contributed by atoms with E-state index in [1.165, 1.54) is 23.5 Å². The topological polar surface area (TPSA) is 174 Å².